The van der Waals surface area contributed by atoms with Crippen LogP contribution in [0.5, 0.6) is 0 Å². The molecule has 1 aliphatic rings. The van der Waals surface area contributed by atoms with E-state index in [1.807, 2.05) is 26.0 Å². The Morgan fingerprint density at radius 2 is 2.16 bits per heavy atom. The van der Waals surface area contributed by atoms with Gasteiger partial charge >= 0.3 is 6.09 Å². The third-order valence-electron chi connectivity index (χ3n) is 4.85. The van der Waals surface area contributed by atoms with Crippen LogP contribution in [0.4, 0.5) is 4.79 Å². The second-order valence-corrected chi connectivity index (χ2v) is 7.57. The number of guanidine groups is 1. The molecule has 168 valence electrons. The fourth-order valence-electron chi connectivity index (χ4n) is 3.30. The highest BCUT2D eigenvalue weighted by atomic mass is 35.5. The van der Waals surface area contributed by atoms with Crippen molar-refractivity contribution in [1.82, 2.24) is 25.7 Å². The molecule has 1 aliphatic heterocycles. The molecular formula is C21H29ClN6O3. The molecule has 0 radical (unpaired) electrons. The van der Waals surface area contributed by atoms with Gasteiger partial charge in [-0.2, -0.15) is 4.98 Å². The zero-order valence-electron chi connectivity index (χ0n) is 17.9. The van der Waals surface area contributed by atoms with Crippen molar-refractivity contribution < 1.29 is 14.1 Å². The fourth-order valence-corrected chi connectivity index (χ4v) is 3.49. The lowest BCUT2D eigenvalue weighted by Crippen LogP contribution is -2.50. The van der Waals surface area contributed by atoms with Crippen LogP contribution in [0.2, 0.25) is 5.02 Å². The molecule has 0 saturated carbocycles. The van der Waals surface area contributed by atoms with Crippen molar-refractivity contribution in [1.29, 1.82) is 0 Å². The number of amides is 1. The van der Waals surface area contributed by atoms with E-state index in [1.54, 1.807) is 17.0 Å². The summed E-state index contributed by atoms with van der Waals surface area (Å²) in [5, 5.41) is 11.4. The van der Waals surface area contributed by atoms with Gasteiger partial charge in [0.05, 0.1) is 13.2 Å². The van der Waals surface area contributed by atoms with Crippen LogP contribution in [0.3, 0.4) is 0 Å². The molecule has 0 atom stereocenters. The molecule has 1 fully saturated rings. The topological polar surface area (TPSA) is 105 Å². The number of ether oxygens (including phenoxy) is 1. The van der Waals surface area contributed by atoms with Crippen molar-refractivity contribution in [2.24, 2.45) is 4.99 Å². The number of halogens is 1. The van der Waals surface area contributed by atoms with Gasteiger partial charge < -0.3 is 24.8 Å². The maximum Gasteiger partial charge on any atom is 0.409 e. The highest BCUT2D eigenvalue weighted by Crippen LogP contribution is 2.20. The number of nitrogens with one attached hydrogen (secondary N) is 2. The van der Waals surface area contributed by atoms with E-state index >= 15 is 0 Å². The van der Waals surface area contributed by atoms with Crippen LogP contribution in [0.25, 0.3) is 11.4 Å². The average Bonchev–Trinajstić information content (AvgIpc) is 3.23. The number of hydrogen-bond acceptors (Lipinski definition) is 6. The monoisotopic (exact) mass is 448 g/mol. The first-order chi connectivity index (χ1) is 15.1. The van der Waals surface area contributed by atoms with Crippen LogP contribution >= 0.6 is 11.6 Å². The molecule has 0 unspecified atom stereocenters. The molecule has 2 aromatic rings. The molecule has 0 bridgehead atoms. The fraction of sp³-hybridized carbons (Fsp3) is 0.524. The standard InChI is InChI=1S/C21H29ClN6O3/c1-3-23-20(25-17-9-12-28(13-10-17)21(29)30-4-2)24-11-8-18-26-19(27-31-18)15-6-5-7-16(22)14-15/h5-7,14,17H,3-4,8-13H2,1-2H3,(H2,23,24,25). The van der Waals surface area contributed by atoms with Gasteiger partial charge in [-0.3, -0.25) is 4.99 Å². The van der Waals surface area contributed by atoms with Gasteiger partial charge in [0.1, 0.15) is 0 Å². The summed E-state index contributed by atoms with van der Waals surface area (Å²) in [6.45, 7) is 6.85. The third kappa shape index (κ3) is 6.85. The Labute approximate surface area is 187 Å². The summed E-state index contributed by atoms with van der Waals surface area (Å²) in [6, 6.07) is 7.59. The van der Waals surface area contributed by atoms with Gasteiger partial charge in [0.25, 0.3) is 0 Å². The van der Waals surface area contributed by atoms with Crippen molar-refractivity contribution in [3.63, 3.8) is 0 Å². The van der Waals surface area contributed by atoms with E-state index in [9.17, 15) is 4.79 Å². The van der Waals surface area contributed by atoms with Gasteiger partial charge in [-0.15, -0.1) is 0 Å². The molecule has 2 N–H and O–H groups in total. The molecule has 0 spiro atoms. The minimum Gasteiger partial charge on any atom is -0.450 e. The second-order valence-electron chi connectivity index (χ2n) is 7.14. The molecule has 31 heavy (non-hydrogen) atoms. The minimum absolute atomic E-state index is 0.238. The average molecular weight is 449 g/mol. The van der Waals surface area contributed by atoms with Crippen molar-refractivity contribution in [3.8, 4) is 11.4 Å². The highest BCUT2D eigenvalue weighted by Gasteiger charge is 2.24. The lowest BCUT2D eigenvalue weighted by Gasteiger charge is -2.32. The third-order valence-corrected chi connectivity index (χ3v) is 5.09. The molecule has 10 heteroatoms. The Kier molecular flexibility index (Phi) is 8.52. The molecule has 1 aromatic carbocycles. The number of aromatic nitrogens is 2. The van der Waals surface area contributed by atoms with Gasteiger partial charge in [0.2, 0.25) is 11.7 Å². The van der Waals surface area contributed by atoms with Crippen LogP contribution in [-0.2, 0) is 11.2 Å². The summed E-state index contributed by atoms with van der Waals surface area (Å²) < 4.78 is 10.4. The van der Waals surface area contributed by atoms with Crippen LogP contribution in [0.1, 0.15) is 32.6 Å². The van der Waals surface area contributed by atoms with Gasteiger partial charge in [-0.1, -0.05) is 28.9 Å². The van der Waals surface area contributed by atoms with Crippen molar-refractivity contribution in [2.75, 3.05) is 32.8 Å². The second kappa shape index (κ2) is 11.5. The Morgan fingerprint density at radius 1 is 1.35 bits per heavy atom. The van der Waals surface area contributed by atoms with Gasteiger partial charge in [-0.25, -0.2) is 4.79 Å². The Balaban J connectivity index is 1.50. The molecule has 1 amide bonds. The summed E-state index contributed by atoms with van der Waals surface area (Å²) in [4.78, 5) is 22.6. The summed E-state index contributed by atoms with van der Waals surface area (Å²) in [6.07, 6.45) is 1.98. The van der Waals surface area contributed by atoms with Gasteiger partial charge in [-0.05, 0) is 38.8 Å². The molecule has 0 aliphatic carbocycles. The van der Waals surface area contributed by atoms with Crippen molar-refractivity contribution >= 4 is 23.7 Å². The van der Waals surface area contributed by atoms with E-state index < -0.39 is 0 Å². The number of carbonyl (C=O) groups excluding carboxylic acids is 1. The molecule has 9 nitrogen and oxygen atoms in total. The van der Waals surface area contributed by atoms with Crippen molar-refractivity contribution in [3.05, 3.63) is 35.2 Å². The summed E-state index contributed by atoms with van der Waals surface area (Å²) in [5.41, 5.74) is 0.815. The van der Waals surface area contributed by atoms with E-state index in [2.05, 4.69) is 25.8 Å². The maximum atomic E-state index is 11.8. The smallest absolute Gasteiger partial charge is 0.409 e. The van der Waals surface area contributed by atoms with Crippen LogP contribution < -0.4 is 10.6 Å². The lowest BCUT2D eigenvalue weighted by molar-refractivity contribution is 0.0963. The summed E-state index contributed by atoms with van der Waals surface area (Å²) in [7, 11) is 0. The number of nitrogens with zero attached hydrogens (tertiary/aromatic N) is 4. The van der Waals surface area contributed by atoms with Gasteiger partial charge in [0, 0.05) is 42.7 Å². The Bertz CT molecular complexity index is 880. The number of likely N-dealkylation sites (tertiary alicyclic amines) is 1. The molecule has 1 saturated heterocycles. The summed E-state index contributed by atoms with van der Waals surface area (Å²) in [5.74, 6) is 1.78. The largest absolute Gasteiger partial charge is 0.450 e. The predicted octanol–water partition coefficient (Wildman–Crippen LogP) is 3.11. The number of hydrogen-bond donors (Lipinski definition) is 2. The minimum atomic E-state index is -0.238. The first kappa shape index (κ1) is 22.9. The number of piperidine rings is 1. The Morgan fingerprint density at radius 3 is 2.87 bits per heavy atom. The molecule has 3 rings (SSSR count). The summed E-state index contributed by atoms with van der Waals surface area (Å²) >= 11 is 6.02. The lowest BCUT2D eigenvalue weighted by atomic mass is 10.1. The molecule has 1 aromatic heterocycles. The number of aliphatic imine (C=N–C) groups is 1. The van der Waals surface area contributed by atoms with E-state index in [1.165, 1.54) is 0 Å². The zero-order valence-corrected chi connectivity index (χ0v) is 18.7. The number of benzene rings is 1. The number of carbonyl (C=O) groups is 1. The zero-order chi connectivity index (χ0) is 22.1. The SMILES string of the molecule is CCNC(=NCCc1nc(-c2cccc(Cl)c2)no1)NC1CCN(C(=O)OCC)CC1. The number of rotatable bonds is 7. The van der Waals surface area contributed by atoms with Crippen LogP contribution in [0.15, 0.2) is 33.8 Å². The molecular weight excluding hydrogens is 420 g/mol. The highest BCUT2D eigenvalue weighted by molar-refractivity contribution is 6.30. The van der Waals surface area contributed by atoms with E-state index in [0.29, 0.717) is 49.4 Å². The molecule has 2 heterocycles. The normalized spacial score (nSPS) is 15.1. The first-order valence-corrected chi connectivity index (χ1v) is 11.0. The Hall–Kier alpha value is -2.81. The van der Waals surface area contributed by atoms with Crippen LogP contribution in [-0.4, -0.2) is 65.9 Å². The van der Waals surface area contributed by atoms with E-state index in [-0.39, 0.29) is 12.1 Å². The van der Waals surface area contributed by atoms with Crippen LogP contribution in [0, 0.1) is 0 Å². The first-order valence-electron chi connectivity index (χ1n) is 10.6. The maximum absolute atomic E-state index is 11.8. The van der Waals surface area contributed by atoms with E-state index in [4.69, 9.17) is 20.9 Å². The van der Waals surface area contributed by atoms with Crippen molar-refractivity contribution in [2.45, 2.75) is 39.2 Å². The quantitative estimate of drug-likeness (QED) is 0.495. The van der Waals surface area contributed by atoms with Gasteiger partial charge in [0.15, 0.2) is 5.96 Å². The van der Waals surface area contributed by atoms with E-state index in [0.717, 1.165) is 30.9 Å². The predicted molar refractivity (Wildman–Crippen MR) is 119 cm³/mol.